The monoisotopic (exact) mass is 340 g/mol. The van der Waals surface area contributed by atoms with Crippen LogP contribution in [0.1, 0.15) is 55.5 Å². The molecule has 5 nitrogen and oxygen atoms in total. The smallest absolute Gasteiger partial charge is 0.276 e. The summed E-state index contributed by atoms with van der Waals surface area (Å²) in [5, 5.41) is 3.34. The molecule has 0 bridgehead atoms. The zero-order chi connectivity index (χ0) is 17.4. The second-order valence-electron chi connectivity index (χ2n) is 7.64. The Morgan fingerprint density at radius 3 is 2.96 bits per heavy atom. The lowest BCUT2D eigenvalue weighted by molar-refractivity contribution is 0.263. The molecule has 5 heteroatoms. The van der Waals surface area contributed by atoms with Crippen molar-refractivity contribution >= 4 is 5.65 Å². The Morgan fingerprint density at radius 1 is 1.32 bits per heavy atom. The van der Waals surface area contributed by atoms with Crippen LogP contribution in [0.2, 0.25) is 0 Å². The van der Waals surface area contributed by atoms with Crippen molar-refractivity contribution in [1.82, 2.24) is 19.5 Å². The fourth-order valence-corrected chi connectivity index (χ4v) is 4.44. The summed E-state index contributed by atoms with van der Waals surface area (Å²) >= 11 is 0. The third-order valence-electron chi connectivity index (χ3n) is 5.89. The maximum Gasteiger partial charge on any atom is 0.276 e. The van der Waals surface area contributed by atoms with Crippen LogP contribution in [0.4, 0.5) is 0 Å². The van der Waals surface area contributed by atoms with E-state index in [2.05, 4.69) is 33.2 Å². The molecule has 0 radical (unpaired) electrons. The first-order valence-electron chi connectivity index (χ1n) is 9.64. The van der Waals surface area contributed by atoms with Crippen molar-refractivity contribution < 1.29 is 0 Å². The van der Waals surface area contributed by atoms with Crippen LogP contribution in [0.15, 0.2) is 23.0 Å². The third kappa shape index (κ3) is 3.17. The molecule has 1 aliphatic carbocycles. The first-order chi connectivity index (χ1) is 12.2. The quantitative estimate of drug-likeness (QED) is 0.871. The standard InChI is InChI=1S/C20H28N4O/c1-3-17-14(2)21-19-11-18(22-24(19)20(17)25)16-9-10-23(13-16)12-15-7-5-4-6-8-15/h4-5,11,15-16,22H,3,6-10,12-13H2,1-2H3/t15-,16+/m1/s1. The summed E-state index contributed by atoms with van der Waals surface area (Å²) in [7, 11) is 0. The SMILES string of the molecule is CCc1c(C)nc2cc([C@H]3CCN(C[C@@H]4CC=CCC4)C3)[nH]n2c1=O. The maximum absolute atomic E-state index is 12.6. The minimum atomic E-state index is 0.0556. The molecule has 0 spiro atoms. The largest absolute Gasteiger partial charge is 0.302 e. The Bertz CT molecular complexity index is 847. The van der Waals surface area contributed by atoms with Crippen molar-refractivity contribution in [1.29, 1.82) is 0 Å². The van der Waals surface area contributed by atoms with Crippen LogP contribution < -0.4 is 5.56 Å². The van der Waals surface area contributed by atoms with Crippen molar-refractivity contribution in [3.63, 3.8) is 0 Å². The average Bonchev–Trinajstić information content (AvgIpc) is 3.23. The summed E-state index contributed by atoms with van der Waals surface area (Å²) in [5.41, 5.74) is 3.63. The lowest BCUT2D eigenvalue weighted by atomic mass is 9.94. The van der Waals surface area contributed by atoms with Crippen LogP contribution in [0.5, 0.6) is 0 Å². The fourth-order valence-electron chi connectivity index (χ4n) is 4.44. The van der Waals surface area contributed by atoms with Gasteiger partial charge in [0.2, 0.25) is 0 Å². The second kappa shape index (κ2) is 6.79. The molecule has 0 saturated carbocycles. The summed E-state index contributed by atoms with van der Waals surface area (Å²) in [4.78, 5) is 19.8. The average molecular weight is 340 g/mol. The van der Waals surface area contributed by atoms with Crippen LogP contribution in [0, 0.1) is 12.8 Å². The van der Waals surface area contributed by atoms with Crippen LogP contribution >= 0.6 is 0 Å². The molecule has 2 aromatic rings. The maximum atomic E-state index is 12.6. The molecular formula is C20H28N4O. The summed E-state index contributed by atoms with van der Waals surface area (Å²) in [6.45, 7) is 7.39. The molecule has 4 rings (SSSR count). The Labute approximate surface area is 148 Å². The number of nitrogens with one attached hydrogen (secondary N) is 1. The number of hydrogen-bond donors (Lipinski definition) is 1. The molecule has 1 N–H and O–H groups in total. The van der Waals surface area contributed by atoms with Crippen LogP contribution in [0.25, 0.3) is 5.65 Å². The molecular weight excluding hydrogens is 312 g/mol. The van der Waals surface area contributed by atoms with Crippen molar-refractivity contribution in [2.75, 3.05) is 19.6 Å². The zero-order valence-electron chi connectivity index (χ0n) is 15.3. The van der Waals surface area contributed by atoms with Crippen LogP contribution in [0.3, 0.4) is 0 Å². The molecule has 0 unspecified atom stereocenters. The summed E-state index contributed by atoms with van der Waals surface area (Å²) in [6, 6.07) is 2.07. The van der Waals surface area contributed by atoms with Gasteiger partial charge in [0.15, 0.2) is 5.65 Å². The lowest BCUT2D eigenvalue weighted by Gasteiger charge is -2.24. The van der Waals surface area contributed by atoms with E-state index in [1.54, 1.807) is 4.52 Å². The zero-order valence-corrected chi connectivity index (χ0v) is 15.3. The van der Waals surface area contributed by atoms with Crippen LogP contribution in [-0.2, 0) is 6.42 Å². The number of nitrogens with zero attached hydrogens (tertiary/aromatic N) is 3. The van der Waals surface area contributed by atoms with Gasteiger partial charge in [0, 0.05) is 42.0 Å². The third-order valence-corrected chi connectivity index (χ3v) is 5.89. The Hall–Kier alpha value is -1.88. The van der Waals surface area contributed by atoms with Crippen molar-refractivity contribution in [3.8, 4) is 0 Å². The lowest BCUT2D eigenvalue weighted by Crippen LogP contribution is -2.28. The molecule has 0 aromatic carbocycles. The van der Waals surface area contributed by atoms with Gasteiger partial charge in [-0.1, -0.05) is 19.1 Å². The minimum Gasteiger partial charge on any atom is -0.302 e. The summed E-state index contributed by atoms with van der Waals surface area (Å²) in [5.74, 6) is 1.29. The molecule has 1 fully saturated rings. The number of hydrogen-bond acceptors (Lipinski definition) is 3. The van der Waals surface area contributed by atoms with E-state index in [0.29, 0.717) is 5.92 Å². The van der Waals surface area contributed by atoms with E-state index < -0.39 is 0 Å². The number of aryl methyl sites for hydroxylation is 1. The molecule has 134 valence electrons. The van der Waals surface area contributed by atoms with E-state index in [1.807, 2.05) is 13.8 Å². The number of H-pyrrole nitrogens is 1. The molecule has 1 aliphatic heterocycles. The van der Waals surface area contributed by atoms with Gasteiger partial charge in [-0.05, 0) is 51.5 Å². The molecule has 25 heavy (non-hydrogen) atoms. The first-order valence-corrected chi connectivity index (χ1v) is 9.64. The van der Waals surface area contributed by atoms with Gasteiger partial charge in [-0.2, -0.15) is 0 Å². The number of likely N-dealkylation sites (tertiary alicyclic amines) is 1. The van der Waals surface area contributed by atoms with E-state index in [1.165, 1.54) is 25.8 Å². The van der Waals surface area contributed by atoms with E-state index in [4.69, 9.17) is 0 Å². The van der Waals surface area contributed by atoms with E-state index in [0.717, 1.165) is 54.4 Å². The van der Waals surface area contributed by atoms with Crippen molar-refractivity contribution in [2.24, 2.45) is 5.92 Å². The molecule has 2 aliphatic rings. The van der Waals surface area contributed by atoms with E-state index in [-0.39, 0.29) is 5.56 Å². The number of aromatic nitrogens is 3. The summed E-state index contributed by atoms with van der Waals surface area (Å²) < 4.78 is 1.63. The Morgan fingerprint density at radius 2 is 2.20 bits per heavy atom. The number of rotatable bonds is 4. The highest BCUT2D eigenvalue weighted by Crippen LogP contribution is 2.29. The highest BCUT2D eigenvalue weighted by Gasteiger charge is 2.27. The first kappa shape index (κ1) is 16.6. The highest BCUT2D eigenvalue weighted by atomic mass is 16.1. The number of aromatic amines is 1. The fraction of sp³-hybridized carbons (Fsp3) is 0.600. The van der Waals surface area contributed by atoms with Gasteiger partial charge in [0.05, 0.1) is 0 Å². The highest BCUT2D eigenvalue weighted by molar-refractivity contribution is 5.42. The van der Waals surface area contributed by atoms with Gasteiger partial charge in [-0.15, -0.1) is 0 Å². The van der Waals surface area contributed by atoms with Crippen molar-refractivity contribution in [3.05, 3.63) is 45.5 Å². The Kier molecular flexibility index (Phi) is 4.50. The second-order valence-corrected chi connectivity index (χ2v) is 7.64. The van der Waals surface area contributed by atoms with Gasteiger partial charge in [-0.3, -0.25) is 9.89 Å². The van der Waals surface area contributed by atoms with Crippen molar-refractivity contribution in [2.45, 2.75) is 51.9 Å². The molecule has 2 atom stereocenters. The van der Waals surface area contributed by atoms with E-state index in [9.17, 15) is 4.79 Å². The van der Waals surface area contributed by atoms with E-state index >= 15 is 0 Å². The van der Waals surface area contributed by atoms with Gasteiger partial charge >= 0.3 is 0 Å². The number of allylic oxidation sites excluding steroid dienone is 2. The van der Waals surface area contributed by atoms with Gasteiger partial charge in [-0.25, -0.2) is 9.50 Å². The number of fused-ring (bicyclic) bond motifs is 1. The van der Waals surface area contributed by atoms with Gasteiger partial charge < -0.3 is 4.90 Å². The van der Waals surface area contributed by atoms with Gasteiger partial charge in [0.1, 0.15) is 0 Å². The topological polar surface area (TPSA) is 53.4 Å². The molecule has 0 amide bonds. The Balaban J connectivity index is 1.51. The molecule has 3 heterocycles. The predicted octanol–water partition coefficient (Wildman–Crippen LogP) is 3.04. The summed E-state index contributed by atoms with van der Waals surface area (Å²) in [6.07, 6.45) is 10.3. The normalized spacial score (nSPS) is 24.4. The predicted molar refractivity (Wildman–Crippen MR) is 100 cm³/mol. The van der Waals surface area contributed by atoms with Crippen LogP contribution in [-0.4, -0.2) is 39.1 Å². The minimum absolute atomic E-state index is 0.0556. The van der Waals surface area contributed by atoms with Gasteiger partial charge in [0.25, 0.3) is 5.56 Å². The molecule has 2 aromatic heterocycles. The molecule has 1 saturated heterocycles.